The van der Waals surface area contributed by atoms with Crippen molar-refractivity contribution in [3.8, 4) is 0 Å². The normalized spacial score (nSPS) is 10.1. The average Bonchev–Trinajstić information content (AvgIpc) is 2.22. The molecular formula is C11H9ClFN3. The fourth-order valence-electron chi connectivity index (χ4n) is 1.27. The number of pyridine rings is 1. The van der Waals surface area contributed by atoms with E-state index < -0.39 is 5.82 Å². The first-order valence-corrected chi connectivity index (χ1v) is 4.96. The number of benzene rings is 1. The molecule has 1 aromatic heterocycles. The van der Waals surface area contributed by atoms with Crippen molar-refractivity contribution in [1.29, 1.82) is 0 Å². The zero-order chi connectivity index (χ0) is 11.5. The first-order valence-electron chi connectivity index (χ1n) is 4.59. The quantitative estimate of drug-likeness (QED) is 0.623. The van der Waals surface area contributed by atoms with Gasteiger partial charge in [0, 0.05) is 17.6 Å². The molecule has 1 aromatic carbocycles. The molecule has 0 aliphatic rings. The van der Waals surface area contributed by atoms with Crippen molar-refractivity contribution >= 4 is 28.7 Å². The monoisotopic (exact) mass is 237 g/mol. The summed E-state index contributed by atoms with van der Waals surface area (Å²) in [6.45, 7) is 0. The molecule has 5 heteroatoms. The average molecular weight is 238 g/mol. The van der Waals surface area contributed by atoms with E-state index in [2.05, 4.69) is 10.3 Å². The van der Waals surface area contributed by atoms with Gasteiger partial charge in [-0.15, -0.1) is 0 Å². The third-order valence-corrected chi connectivity index (χ3v) is 2.21. The van der Waals surface area contributed by atoms with Crippen molar-refractivity contribution in [3.05, 3.63) is 47.5 Å². The molecule has 16 heavy (non-hydrogen) atoms. The molecule has 0 bridgehead atoms. The zero-order valence-corrected chi connectivity index (χ0v) is 9.00. The highest BCUT2D eigenvalue weighted by Gasteiger charge is 2.03. The molecule has 2 rings (SSSR count). The van der Waals surface area contributed by atoms with E-state index in [1.807, 2.05) is 0 Å². The molecule has 82 valence electrons. The molecule has 0 radical (unpaired) electrons. The Morgan fingerprint density at radius 2 is 2.06 bits per heavy atom. The number of hydrogen-bond acceptors (Lipinski definition) is 3. The Hall–Kier alpha value is -1.81. The van der Waals surface area contributed by atoms with E-state index in [-0.39, 0.29) is 0 Å². The Labute approximate surface area is 97.1 Å². The molecule has 0 aliphatic heterocycles. The van der Waals surface area contributed by atoms with Crippen LogP contribution < -0.4 is 11.1 Å². The van der Waals surface area contributed by atoms with Gasteiger partial charge in [-0.25, -0.2) is 9.37 Å². The summed E-state index contributed by atoms with van der Waals surface area (Å²) in [5.74, 6) is -0.409. The topological polar surface area (TPSA) is 50.9 Å². The second-order valence-electron chi connectivity index (χ2n) is 3.23. The molecule has 0 aliphatic carbocycles. The van der Waals surface area contributed by atoms with Gasteiger partial charge in [0.2, 0.25) is 0 Å². The summed E-state index contributed by atoms with van der Waals surface area (Å²) in [4.78, 5) is 3.83. The molecule has 2 aromatic rings. The van der Waals surface area contributed by atoms with Gasteiger partial charge in [-0.2, -0.15) is 0 Å². The number of halogens is 2. The van der Waals surface area contributed by atoms with Gasteiger partial charge in [0.25, 0.3) is 0 Å². The smallest absolute Gasteiger partial charge is 0.148 e. The van der Waals surface area contributed by atoms with Crippen molar-refractivity contribution in [2.75, 3.05) is 11.1 Å². The third kappa shape index (κ3) is 2.41. The second kappa shape index (κ2) is 4.37. The minimum absolute atomic E-state index is 0.344. The Bertz CT molecular complexity index is 516. The SMILES string of the molecule is Nc1ccc(Nc2ccnc(Cl)c2)c(F)c1. The van der Waals surface area contributed by atoms with Crippen molar-refractivity contribution < 1.29 is 4.39 Å². The van der Waals surface area contributed by atoms with E-state index in [1.165, 1.54) is 6.07 Å². The number of anilines is 3. The van der Waals surface area contributed by atoms with Crippen LogP contribution in [0.25, 0.3) is 0 Å². The maximum absolute atomic E-state index is 13.4. The van der Waals surface area contributed by atoms with Crippen LogP contribution in [0.4, 0.5) is 21.5 Å². The van der Waals surface area contributed by atoms with Gasteiger partial charge in [-0.3, -0.25) is 0 Å². The van der Waals surface area contributed by atoms with E-state index in [0.29, 0.717) is 22.2 Å². The van der Waals surface area contributed by atoms with Gasteiger partial charge in [0.1, 0.15) is 11.0 Å². The van der Waals surface area contributed by atoms with E-state index in [4.69, 9.17) is 17.3 Å². The molecule has 3 N–H and O–H groups in total. The van der Waals surface area contributed by atoms with Crippen LogP contribution >= 0.6 is 11.6 Å². The summed E-state index contributed by atoms with van der Waals surface area (Å²) in [6, 6.07) is 7.75. The predicted octanol–water partition coefficient (Wildman–Crippen LogP) is 3.20. The number of nitrogens with zero attached hydrogens (tertiary/aromatic N) is 1. The summed E-state index contributed by atoms with van der Waals surface area (Å²) in [5, 5.41) is 3.23. The van der Waals surface area contributed by atoms with Gasteiger partial charge in [0.05, 0.1) is 5.69 Å². The Morgan fingerprint density at radius 3 is 2.75 bits per heavy atom. The minimum atomic E-state index is -0.409. The van der Waals surface area contributed by atoms with Crippen LogP contribution in [0.3, 0.4) is 0 Å². The summed E-state index contributed by atoms with van der Waals surface area (Å²) < 4.78 is 13.4. The van der Waals surface area contributed by atoms with Gasteiger partial charge in [-0.05, 0) is 30.3 Å². The number of aromatic nitrogens is 1. The summed E-state index contributed by atoms with van der Waals surface area (Å²) >= 11 is 5.71. The molecule has 3 nitrogen and oxygen atoms in total. The summed E-state index contributed by atoms with van der Waals surface area (Å²) in [6.07, 6.45) is 1.54. The fourth-order valence-corrected chi connectivity index (χ4v) is 1.44. The standard InChI is InChI=1S/C11H9ClFN3/c12-11-6-8(3-4-15-11)16-10-2-1-7(14)5-9(10)13/h1-6H,14H2,(H,15,16). The highest BCUT2D eigenvalue weighted by molar-refractivity contribution is 6.29. The highest BCUT2D eigenvalue weighted by atomic mass is 35.5. The van der Waals surface area contributed by atoms with Crippen LogP contribution in [0.15, 0.2) is 36.5 Å². The predicted molar refractivity (Wildman–Crippen MR) is 63.3 cm³/mol. The van der Waals surface area contributed by atoms with Crippen molar-refractivity contribution in [3.63, 3.8) is 0 Å². The van der Waals surface area contributed by atoms with Gasteiger partial charge >= 0.3 is 0 Å². The molecular weight excluding hydrogens is 229 g/mol. The van der Waals surface area contributed by atoms with Crippen LogP contribution in [0, 0.1) is 5.82 Å². The number of nitrogens with one attached hydrogen (secondary N) is 1. The largest absolute Gasteiger partial charge is 0.399 e. The molecule has 0 saturated heterocycles. The first-order chi connectivity index (χ1) is 7.65. The number of nitrogens with two attached hydrogens (primary N) is 1. The highest BCUT2D eigenvalue weighted by Crippen LogP contribution is 2.22. The minimum Gasteiger partial charge on any atom is -0.399 e. The van der Waals surface area contributed by atoms with Crippen LogP contribution in [-0.4, -0.2) is 4.98 Å². The maximum Gasteiger partial charge on any atom is 0.148 e. The lowest BCUT2D eigenvalue weighted by molar-refractivity contribution is 0.632. The van der Waals surface area contributed by atoms with Crippen LogP contribution in [0.5, 0.6) is 0 Å². The van der Waals surface area contributed by atoms with E-state index >= 15 is 0 Å². The van der Waals surface area contributed by atoms with E-state index in [0.717, 1.165) is 0 Å². The van der Waals surface area contributed by atoms with Crippen molar-refractivity contribution in [2.45, 2.75) is 0 Å². The zero-order valence-electron chi connectivity index (χ0n) is 8.24. The maximum atomic E-state index is 13.4. The Kier molecular flexibility index (Phi) is 2.92. The van der Waals surface area contributed by atoms with E-state index in [1.54, 1.807) is 30.5 Å². The molecule has 0 unspecified atom stereocenters. The number of hydrogen-bond donors (Lipinski definition) is 2. The van der Waals surface area contributed by atoms with Crippen molar-refractivity contribution in [1.82, 2.24) is 4.98 Å². The molecule has 0 fully saturated rings. The lowest BCUT2D eigenvalue weighted by Crippen LogP contribution is -1.95. The molecule has 0 saturated carbocycles. The van der Waals surface area contributed by atoms with Crippen molar-refractivity contribution in [2.24, 2.45) is 0 Å². The lowest BCUT2D eigenvalue weighted by Gasteiger charge is -2.07. The van der Waals surface area contributed by atoms with Gasteiger partial charge < -0.3 is 11.1 Å². The Balaban J connectivity index is 2.27. The molecule has 0 amide bonds. The number of rotatable bonds is 2. The summed E-state index contributed by atoms with van der Waals surface area (Å²) in [7, 11) is 0. The first kappa shape index (κ1) is 10.7. The summed E-state index contributed by atoms with van der Waals surface area (Å²) in [5.41, 5.74) is 6.85. The molecule has 0 atom stereocenters. The molecule has 1 heterocycles. The molecule has 0 spiro atoms. The lowest BCUT2D eigenvalue weighted by atomic mass is 10.2. The number of nitrogen functional groups attached to an aromatic ring is 1. The fraction of sp³-hybridized carbons (Fsp3) is 0. The Morgan fingerprint density at radius 1 is 1.25 bits per heavy atom. The van der Waals surface area contributed by atoms with Gasteiger partial charge in [0.15, 0.2) is 0 Å². The van der Waals surface area contributed by atoms with E-state index in [9.17, 15) is 4.39 Å². The van der Waals surface area contributed by atoms with Crippen LogP contribution in [0.1, 0.15) is 0 Å². The van der Waals surface area contributed by atoms with Crippen LogP contribution in [0.2, 0.25) is 5.15 Å². The third-order valence-electron chi connectivity index (χ3n) is 2.00. The van der Waals surface area contributed by atoms with Gasteiger partial charge in [-0.1, -0.05) is 11.6 Å². The van der Waals surface area contributed by atoms with Crippen LogP contribution in [-0.2, 0) is 0 Å². The second-order valence-corrected chi connectivity index (χ2v) is 3.62.